The van der Waals surface area contributed by atoms with Crippen molar-refractivity contribution in [2.24, 2.45) is 4.99 Å². The van der Waals surface area contributed by atoms with Crippen molar-refractivity contribution >= 4 is 46.5 Å². The van der Waals surface area contributed by atoms with E-state index in [1.54, 1.807) is 23.1 Å². The highest BCUT2D eigenvalue weighted by atomic mass is 35.5. The Bertz CT molecular complexity index is 822. The molecule has 1 atom stereocenters. The Morgan fingerprint density at radius 1 is 1.06 bits per heavy atom. The van der Waals surface area contributed by atoms with Crippen LogP contribution in [0.25, 0.3) is 0 Å². The van der Waals surface area contributed by atoms with Crippen molar-refractivity contribution in [2.45, 2.75) is 70.8 Å². The maximum absolute atomic E-state index is 12.5. The Morgan fingerprint density at radius 3 is 2.25 bits per heavy atom. The summed E-state index contributed by atoms with van der Waals surface area (Å²) < 4.78 is 0. The molecule has 0 fully saturated rings. The van der Waals surface area contributed by atoms with Gasteiger partial charge in [-0.2, -0.15) is 0 Å². The number of rotatable bonds is 13. The minimum atomic E-state index is -0.531. The molecule has 1 N–H and O–H groups in total. The number of carbonyl (C=O) groups excluding carboxylic acids is 3. The molecular weight excluding hydrogens is 449 g/mol. The molecule has 1 aromatic carbocycles. The Balaban J connectivity index is 1.60. The number of ketones is 1. The van der Waals surface area contributed by atoms with Gasteiger partial charge in [0.25, 0.3) is 5.91 Å². The van der Waals surface area contributed by atoms with Crippen LogP contribution in [0.1, 0.15) is 75.1 Å². The van der Waals surface area contributed by atoms with Crippen molar-refractivity contribution in [1.82, 2.24) is 10.2 Å². The van der Waals surface area contributed by atoms with Crippen molar-refractivity contribution in [3.05, 3.63) is 33.8 Å². The number of halogens is 2. The van der Waals surface area contributed by atoms with Gasteiger partial charge in [0.1, 0.15) is 6.54 Å². The number of hydrogen-bond donors (Lipinski definition) is 1. The van der Waals surface area contributed by atoms with E-state index < -0.39 is 11.9 Å². The van der Waals surface area contributed by atoms with Gasteiger partial charge in [0.15, 0.2) is 5.78 Å². The van der Waals surface area contributed by atoms with Crippen LogP contribution in [0.15, 0.2) is 23.2 Å². The molecule has 0 spiro atoms. The van der Waals surface area contributed by atoms with E-state index in [4.69, 9.17) is 23.2 Å². The first kappa shape index (κ1) is 26.3. The summed E-state index contributed by atoms with van der Waals surface area (Å²) in [7, 11) is 1.82. The molecule has 2 amide bonds. The van der Waals surface area contributed by atoms with Crippen molar-refractivity contribution in [2.75, 3.05) is 20.1 Å². The number of nitrogens with one attached hydrogen (secondary N) is 1. The fraction of sp³-hybridized carbons (Fsp3) is 0.583. The van der Waals surface area contributed by atoms with Crippen molar-refractivity contribution in [3.8, 4) is 0 Å². The molecule has 0 radical (unpaired) electrons. The van der Waals surface area contributed by atoms with Crippen LogP contribution in [-0.2, 0) is 9.59 Å². The molecule has 0 unspecified atom stereocenters. The summed E-state index contributed by atoms with van der Waals surface area (Å²) in [5, 5.41) is 3.32. The molecule has 2 rings (SSSR count). The lowest BCUT2D eigenvalue weighted by Crippen LogP contribution is -2.40. The molecule has 1 heterocycles. The second-order valence-electron chi connectivity index (χ2n) is 8.38. The Hall–Kier alpha value is -1.92. The van der Waals surface area contributed by atoms with Crippen LogP contribution in [0.2, 0.25) is 10.0 Å². The van der Waals surface area contributed by atoms with Gasteiger partial charge in [-0.25, -0.2) is 0 Å². The van der Waals surface area contributed by atoms with Crippen molar-refractivity contribution < 1.29 is 14.4 Å². The van der Waals surface area contributed by atoms with Gasteiger partial charge < -0.3 is 10.2 Å². The van der Waals surface area contributed by atoms with Gasteiger partial charge in [0.2, 0.25) is 5.91 Å². The Morgan fingerprint density at radius 2 is 1.66 bits per heavy atom. The lowest BCUT2D eigenvalue weighted by Gasteiger charge is -2.22. The molecule has 6 nitrogen and oxygen atoms in total. The SMILES string of the molecule is CC(=O)[C@H](CCCCCCCCCC1=NCC(=O)N(C)C1)NC(=O)c1c(Cl)cccc1Cl. The third-order valence-corrected chi connectivity index (χ3v) is 6.36. The number of benzene rings is 1. The fourth-order valence-corrected chi connectivity index (χ4v) is 4.32. The third-order valence-electron chi connectivity index (χ3n) is 5.73. The summed E-state index contributed by atoms with van der Waals surface area (Å²) in [6.45, 7) is 2.44. The van der Waals surface area contributed by atoms with E-state index in [0.29, 0.717) is 19.5 Å². The summed E-state index contributed by atoms with van der Waals surface area (Å²) in [6.07, 6.45) is 9.14. The van der Waals surface area contributed by atoms with Gasteiger partial charge in [-0.05, 0) is 38.3 Å². The minimum absolute atomic E-state index is 0.0699. The number of hydrogen-bond acceptors (Lipinski definition) is 4. The quantitative estimate of drug-likeness (QED) is 0.397. The van der Waals surface area contributed by atoms with Crippen LogP contribution < -0.4 is 5.32 Å². The molecule has 1 aliphatic rings. The molecule has 0 aliphatic carbocycles. The second kappa shape index (κ2) is 13.6. The highest BCUT2D eigenvalue weighted by molar-refractivity contribution is 6.39. The highest BCUT2D eigenvalue weighted by Crippen LogP contribution is 2.24. The summed E-state index contributed by atoms with van der Waals surface area (Å²) in [5.41, 5.74) is 1.34. The molecule has 1 aromatic rings. The minimum Gasteiger partial charge on any atom is -0.342 e. The van der Waals surface area contributed by atoms with Gasteiger partial charge in [-0.1, -0.05) is 67.8 Å². The Labute approximate surface area is 200 Å². The average molecular weight is 482 g/mol. The number of likely N-dealkylation sites (N-methyl/N-ethyl adjacent to an activating group) is 1. The topological polar surface area (TPSA) is 78.8 Å². The molecule has 8 heteroatoms. The maximum Gasteiger partial charge on any atom is 0.254 e. The van der Waals surface area contributed by atoms with Crippen molar-refractivity contribution in [3.63, 3.8) is 0 Å². The average Bonchev–Trinajstić information content (AvgIpc) is 2.73. The van der Waals surface area contributed by atoms with Crippen LogP contribution in [0.4, 0.5) is 0 Å². The first-order valence-corrected chi connectivity index (χ1v) is 12.1. The number of unbranched alkanes of at least 4 members (excludes halogenated alkanes) is 6. The van der Waals surface area contributed by atoms with Gasteiger partial charge in [0.05, 0.1) is 28.2 Å². The van der Waals surface area contributed by atoms with E-state index in [0.717, 1.165) is 50.7 Å². The number of nitrogens with zero attached hydrogens (tertiary/aromatic N) is 2. The summed E-state index contributed by atoms with van der Waals surface area (Å²) in [4.78, 5) is 42.0. The number of Topliss-reactive ketones (excluding diaryl/α,β-unsaturated/α-hetero) is 1. The lowest BCUT2D eigenvalue weighted by atomic mass is 10.0. The zero-order chi connectivity index (χ0) is 23.5. The third kappa shape index (κ3) is 8.55. The van der Waals surface area contributed by atoms with Gasteiger partial charge in [-0.3, -0.25) is 19.4 Å². The van der Waals surface area contributed by atoms with E-state index in [9.17, 15) is 14.4 Å². The lowest BCUT2D eigenvalue weighted by molar-refractivity contribution is -0.128. The van der Waals surface area contributed by atoms with E-state index >= 15 is 0 Å². The molecule has 0 bridgehead atoms. The normalized spacial score (nSPS) is 14.8. The van der Waals surface area contributed by atoms with E-state index in [1.807, 2.05) is 7.05 Å². The van der Waals surface area contributed by atoms with Crippen LogP contribution in [0, 0.1) is 0 Å². The molecule has 0 aromatic heterocycles. The number of carbonyl (C=O) groups is 3. The van der Waals surface area contributed by atoms with E-state index in [-0.39, 0.29) is 27.3 Å². The standard InChI is InChI=1S/C24H33Cl2N3O3/c1-17(30)21(28-24(32)23-19(25)12-10-13-20(23)26)14-9-7-5-3-4-6-8-11-18-16-29(2)22(31)15-27-18/h10,12-13,21H,3-9,11,14-16H2,1-2H3,(H,28,32)/t21-/m0/s1. The van der Waals surface area contributed by atoms with Crippen LogP contribution in [0.5, 0.6) is 0 Å². The summed E-state index contributed by atoms with van der Waals surface area (Å²) in [5.74, 6) is -0.397. The second-order valence-corrected chi connectivity index (χ2v) is 9.19. The van der Waals surface area contributed by atoms with Gasteiger partial charge in [0, 0.05) is 12.8 Å². The predicted molar refractivity (Wildman–Crippen MR) is 130 cm³/mol. The predicted octanol–water partition coefficient (Wildman–Crippen LogP) is 5.10. The molecule has 1 aliphatic heterocycles. The van der Waals surface area contributed by atoms with Crippen molar-refractivity contribution in [1.29, 1.82) is 0 Å². The van der Waals surface area contributed by atoms with Crippen LogP contribution in [0.3, 0.4) is 0 Å². The van der Waals surface area contributed by atoms with Gasteiger partial charge >= 0.3 is 0 Å². The molecular formula is C24H33Cl2N3O3. The zero-order valence-electron chi connectivity index (χ0n) is 19.0. The fourth-order valence-electron chi connectivity index (χ4n) is 3.75. The first-order valence-electron chi connectivity index (χ1n) is 11.3. The smallest absolute Gasteiger partial charge is 0.254 e. The largest absolute Gasteiger partial charge is 0.342 e. The molecule has 176 valence electrons. The van der Waals surface area contributed by atoms with E-state index in [1.165, 1.54) is 13.3 Å². The van der Waals surface area contributed by atoms with Crippen LogP contribution >= 0.6 is 23.2 Å². The molecule has 32 heavy (non-hydrogen) atoms. The highest BCUT2D eigenvalue weighted by Gasteiger charge is 2.21. The van der Waals surface area contributed by atoms with Crippen LogP contribution in [-0.4, -0.2) is 54.4 Å². The zero-order valence-corrected chi connectivity index (χ0v) is 20.5. The molecule has 0 saturated heterocycles. The Kier molecular flexibility index (Phi) is 11.2. The summed E-state index contributed by atoms with van der Waals surface area (Å²) in [6, 6.07) is 4.35. The summed E-state index contributed by atoms with van der Waals surface area (Å²) >= 11 is 12.2. The first-order chi connectivity index (χ1) is 15.3. The molecule has 0 saturated carbocycles. The number of aliphatic imine (C=N–C) groups is 1. The van der Waals surface area contributed by atoms with E-state index in [2.05, 4.69) is 10.3 Å². The monoisotopic (exact) mass is 481 g/mol. The maximum atomic E-state index is 12.5. The van der Waals surface area contributed by atoms with Gasteiger partial charge in [-0.15, -0.1) is 0 Å². The number of amides is 2.